The Bertz CT molecular complexity index is 607. The van der Waals surface area contributed by atoms with Crippen LogP contribution in [0.5, 0.6) is 0 Å². The van der Waals surface area contributed by atoms with Gasteiger partial charge in [0.15, 0.2) is 0 Å². The number of benzene rings is 1. The van der Waals surface area contributed by atoms with Gasteiger partial charge in [-0.3, -0.25) is 4.79 Å². The summed E-state index contributed by atoms with van der Waals surface area (Å²) in [5.74, 6) is -0.908. The maximum absolute atomic E-state index is 11.8. The fraction of sp³-hybridized carbons (Fsp3) is 0.333. The first-order valence-electron chi connectivity index (χ1n) is 6.39. The minimum absolute atomic E-state index is 0.0436. The summed E-state index contributed by atoms with van der Waals surface area (Å²) in [6, 6.07) is 7.51. The SMILES string of the molecule is Cc1ccc(C(CN)(Cc2csc(C)n2)C(=O)O)cc1. The van der Waals surface area contributed by atoms with E-state index in [1.54, 1.807) is 0 Å². The summed E-state index contributed by atoms with van der Waals surface area (Å²) in [6.07, 6.45) is 0.312. The van der Waals surface area contributed by atoms with Gasteiger partial charge in [0.05, 0.1) is 10.7 Å². The third kappa shape index (κ3) is 2.73. The zero-order chi connectivity index (χ0) is 14.8. The molecule has 1 aromatic carbocycles. The highest BCUT2D eigenvalue weighted by molar-refractivity contribution is 7.09. The molecule has 20 heavy (non-hydrogen) atoms. The molecule has 1 aromatic heterocycles. The van der Waals surface area contributed by atoms with E-state index >= 15 is 0 Å². The molecule has 0 spiro atoms. The van der Waals surface area contributed by atoms with Crippen molar-refractivity contribution in [1.82, 2.24) is 4.98 Å². The molecule has 0 saturated heterocycles. The topological polar surface area (TPSA) is 76.2 Å². The van der Waals surface area contributed by atoms with E-state index in [0.717, 1.165) is 21.8 Å². The molecule has 0 saturated carbocycles. The number of thiazole rings is 1. The van der Waals surface area contributed by atoms with Crippen LogP contribution in [0.15, 0.2) is 29.6 Å². The van der Waals surface area contributed by atoms with Crippen molar-refractivity contribution in [3.8, 4) is 0 Å². The summed E-state index contributed by atoms with van der Waals surface area (Å²) in [5.41, 5.74) is 7.31. The maximum Gasteiger partial charge on any atom is 0.315 e. The number of carboxylic acid groups (broad SMARTS) is 1. The number of carbonyl (C=O) groups is 1. The van der Waals surface area contributed by atoms with E-state index in [-0.39, 0.29) is 6.54 Å². The number of aliphatic carboxylic acids is 1. The number of aromatic nitrogens is 1. The van der Waals surface area contributed by atoms with E-state index in [2.05, 4.69) is 4.98 Å². The minimum atomic E-state index is -1.12. The standard InChI is InChI=1S/C15H18N2O2S/c1-10-3-5-12(6-4-10)15(9-16,14(18)19)7-13-8-20-11(2)17-13/h3-6,8H,7,9,16H2,1-2H3,(H,18,19). The monoisotopic (exact) mass is 290 g/mol. The van der Waals surface area contributed by atoms with Crippen molar-refractivity contribution in [2.24, 2.45) is 5.73 Å². The molecule has 1 unspecified atom stereocenters. The van der Waals surface area contributed by atoms with Crippen molar-refractivity contribution in [2.45, 2.75) is 25.7 Å². The smallest absolute Gasteiger partial charge is 0.315 e. The first kappa shape index (κ1) is 14.7. The molecule has 4 nitrogen and oxygen atoms in total. The first-order chi connectivity index (χ1) is 9.48. The second-order valence-electron chi connectivity index (χ2n) is 4.99. The molecule has 5 heteroatoms. The van der Waals surface area contributed by atoms with Crippen LogP contribution in [0.4, 0.5) is 0 Å². The van der Waals surface area contributed by atoms with Gasteiger partial charge in [0.25, 0.3) is 0 Å². The number of rotatable bonds is 5. The minimum Gasteiger partial charge on any atom is -0.481 e. The predicted octanol–water partition coefficient (Wildman–Crippen LogP) is 2.28. The fourth-order valence-corrected chi connectivity index (χ4v) is 2.86. The Kier molecular flexibility index (Phi) is 4.20. The maximum atomic E-state index is 11.8. The van der Waals surface area contributed by atoms with Crippen LogP contribution in [0.2, 0.25) is 0 Å². The lowest BCUT2D eigenvalue weighted by Gasteiger charge is -2.28. The fourth-order valence-electron chi connectivity index (χ4n) is 2.25. The number of hydrogen-bond donors (Lipinski definition) is 2. The molecule has 0 bridgehead atoms. The third-order valence-electron chi connectivity index (χ3n) is 3.51. The number of aryl methyl sites for hydroxylation is 2. The third-order valence-corrected chi connectivity index (χ3v) is 4.33. The first-order valence-corrected chi connectivity index (χ1v) is 7.27. The van der Waals surface area contributed by atoms with Crippen LogP contribution < -0.4 is 5.73 Å². The molecule has 1 heterocycles. The Morgan fingerprint density at radius 2 is 2.00 bits per heavy atom. The van der Waals surface area contributed by atoms with Gasteiger partial charge in [-0.25, -0.2) is 4.98 Å². The summed E-state index contributed by atoms with van der Waals surface area (Å²) < 4.78 is 0. The Labute approximate surface area is 122 Å². The van der Waals surface area contributed by atoms with Gasteiger partial charge in [-0.1, -0.05) is 29.8 Å². The lowest BCUT2D eigenvalue weighted by atomic mass is 9.76. The predicted molar refractivity (Wildman–Crippen MR) is 80.1 cm³/mol. The quantitative estimate of drug-likeness (QED) is 0.885. The Hall–Kier alpha value is -1.72. The van der Waals surface area contributed by atoms with Crippen LogP contribution in [0.3, 0.4) is 0 Å². The largest absolute Gasteiger partial charge is 0.481 e. The summed E-state index contributed by atoms with van der Waals surface area (Å²) in [4.78, 5) is 16.2. The van der Waals surface area contributed by atoms with Gasteiger partial charge in [0.1, 0.15) is 5.41 Å². The van der Waals surface area contributed by atoms with E-state index in [9.17, 15) is 9.90 Å². The van der Waals surface area contributed by atoms with E-state index in [1.165, 1.54) is 11.3 Å². The second-order valence-corrected chi connectivity index (χ2v) is 6.05. The van der Waals surface area contributed by atoms with Gasteiger partial charge in [-0.15, -0.1) is 11.3 Å². The molecule has 106 valence electrons. The molecule has 2 aromatic rings. The highest BCUT2D eigenvalue weighted by Gasteiger charge is 2.40. The van der Waals surface area contributed by atoms with Crippen molar-refractivity contribution >= 4 is 17.3 Å². The van der Waals surface area contributed by atoms with Gasteiger partial charge in [-0.05, 0) is 19.4 Å². The van der Waals surface area contributed by atoms with Crippen molar-refractivity contribution in [2.75, 3.05) is 6.54 Å². The molecule has 3 N–H and O–H groups in total. The zero-order valence-electron chi connectivity index (χ0n) is 11.6. The highest BCUT2D eigenvalue weighted by atomic mass is 32.1. The number of nitrogens with two attached hydrogens (primary N) is 1. The highest BCUT2D eigenvalue weighted by Crippen LogP contribution is 2.29. The summed E-state index contributed by atoms with van der Waals surface area (Å²) in [6.45, 7) is 3.92. The van der Waals surface area contributed by atoms with Crippen molar-refractivity contribution in [3.63, 3.8) is 0 Å². The van der Waals surface area contributed by atoms with Gasteiger partial charge in [-0.2, -0.15) is 0 Å². The van der Waals surface area contributed by atoms with E-state index < -0.39 is 11.4 Å². The number of nitrogens with zero attached hydrogens (tertiary/aromatic N) is 1. The normalized spacial score (nSPS) is 13.9. The van der Waals surface area contributed by atoms with Crippen molar-refractivity contribution < 1.29 is 9.90 Å². The van der Waals surface area contributed by atoms with Crippen LogP contribution >= 0.6 is 11.3 Å². The molecule has 0 amide bonds. The van der Waals surface area contributed by atoms with Crippen LogP contribution in [-0.2, 0) is 16.6 Å². The molecule has 2 rings (SSSR count). The van der Waals surface area contributed by atoms with E-state index in [0.29, 0.717) is 6.42 Å². The summed E-state index contributed by atoms with van der Waals surface area (Å²) >= 11 is 1.52. The van der Waals surface area contributed by atoms with Crippen LogP contribution in [-0.4, -0.2) is 22.6 Å². The van der Waals surface area contributed by atoms with Crippen molar-refractivity contribution in [1.29, 1.82) is 0 Å². The molecule has 0 aliphatic heterocycles. The number of hydrogen-bond acceptors (Lipinski definition) is 4. The Morgan fingerprint density at radius 1 is 1.35 bits per heavy atom. The van der Waals surface area contributed by atoms with E-state index in [4.69, 9.17) is 5.73 Å². The average Bonchev–Trinajstić information content (AvgIpc) is 2.82. The zero-order valence-corrected chi connectivity index (χ0v) is 12.4. The number of carboxylic acids is 1. The summed E-state index contributed by atoms with van der Waals surface area (Å²) in [5, 5.41) is 12.5. The van der Waals surface area contributed by atoms with Gasteiger partial charge in [0, 0.05) is 18.3 Å². The van der Waals surface area contributed by atoms with Crippen LogP contribution in [0, 0.1) is 13.8 Å². The van der Waals surface area contributed by atoms with Crippen molar-refractivity contribution in [3.05, 3.63) is 51.5 Å². The van der Waals surface area contributed by atoms with Gasteiger partial charge < -0.3 is 10.8 Å². The van der Waals surface area contributed by atoms with Gasteiger partial charge in [0.2, 0.25) is 0 Å². The van der Waals surface area contributed by atoms with E-state index in [1.807, 2.05) is 43.5 Å². The second kappa shape index (κ2) is 5.73. The molecular formula is C15H18N2O2S. The van der Waals surface area contributed by atoms with Crippen LogP contribution in [0.1, 0.15) is 21.8 Å². The lowest BCUT2D eigenvalue weighted by Crippen LogP contribution is -2.45. The Balaban J connectivity index is 2.44. The van der Waals surface area contributed by atoms with Crippen LogP contribution in [0.25, 0.3) is 0 Å². The lowest BCUT2D eigenvalue weighted by molar-refractivity contribution is -0.143. The molecule has 1 atom stereocenters. The van der Waals surface area contributed by atoms with Gasteiger partial charge >= 0.3 is 5.97 Å². The Morgan fingerprint density at radius 3 is 2.45 bits per heavy atom. The molecule has 0 fully saturated rings. The average molecular weight is 290 g/mol. The molecular weight excluding hydrogens is 272 g/mol. The molecule has 0 radical (unpaired) electrons. The molecule has 0 aliphatic carbocycles. The molecule has 0 aliphatic rings. The summed E-state index contributed by atoms with van der Waals surface area (Å²) in [7, 11) is 0.